The number of anilines is 3. The third-order valence-electron chi connectivity index (χ3n) is 5.11. The second-order valence-electron chi connectivity index (χ2n) is 7.36. The van der Waals surface area contributed by atoms with E-state index in [1.54, 1.807) is 6.33 Å². The van der Waals surface area contributed by atoms with E-state index < -0.39 is 0 Å². The smallest absolute Gasteiger partial charge is 0.135 e. The summed E-state index contributed by atoms with van der Waals surface area (Å²) in [5, 5.41) is 3.38. The standard InChI is InChI=1S/C24H27N5/c1-20-7-5-11-22(17-20)27-23-18-24(26-19-25-23)29-15-13-28(14-16-29)12-6-10-21-8-3-2-4-9-21/h2-11,17-19H,12-16H2,1H3,(H,25,26,27)/b10-6+. The zero-order chi connectivity index (χ0) is 19.9. The Kier molecular flexibility index (Phi) is 6.17. The predicted octanol–water partition coefficient (Wildman–Crippen LogP) is 4.36. The lowest BCUT2D eigenvalue weighted by Crippen LogP contribution is -2.46. The van der Waals surface area contributed by atoms with Gasteiger partial charge in [0, 0.05) is 44.5 Å². The molecule has 0 atom stereocenters. The highest BCUT2D eigenvalue weighted by molar-refractivity contribution is 5.60. The van der Waals surface area contributed by atoms with Gasteiger partial charge in [0.15, 0.2) is 0 Å². The summed E-state index contributed by atoms with van der Waals surface area (Å²) in [6.45, 7) is 7.07. The molecule has 2 heterocycles. The molecular weight excluding hydrogens is 358 g/mol. The molecule has 5 heteroatoms. The first-order valence-corrected chi connectivity index (χ1v) is 10.1. The molecule has 1 aromatic heterocycles. The van der Waals surface area contributed by atoms with E-state index in [4.69, 9.17) is 0 Å². The van der Waals surface area contributed by atoms with E-state index in [1.807, 2.05) is 18.2 Å². The normalized spacial score (nSPS) is 15.0. The molecule has 1 aliphatic rings. The summed E-state index contributed by atoms with van der Waals surface area (Å²) in [5.74, 6) is 1.81. The number of hydrogen-bond acceptors (Lipinski definition) is 5. The van der Waals surface area contributed by atoms with Gasteiger partial charge in [-0.1, -0.05) is 54.6 Å². The van der Waals surface area contributed by atoms with Gasteiger partial charge in [-0.15, -0.1) is 0 Å². The molecule has 1 N–H and O–H groups in total. The lowest BCUT2D eigenvalue weighted by Gasteiger charge is -2.34. The van der Waals surface area contributed by atoms with Crippen molar-refractivity contribution < 1.29 is 0 Å². The van der Waals surface area contributed by atoms with E-state index in [1.165, 1.54) is 11.1 Å². The number of piperazine rings is 1. The number of aryl methyl sites for hydroxylation is 1. The van der Waals surface area contributed by atoms with Gasteiger partial charge in [-0.25, -0.2) is 9.97 Å². The van der Waals surface area contributed by atoms with Crippen molar-refractivity contribution in [3.05, 3.63) is 84.2 Å². The maximum atomic E-state index is 4.49. The van der Waals surface area contributed by atoms with Crippen LogP contribution in [0.15, 0.2) is 73.1 Å². The first kappa shape index (κ1) is 19.2. The van der Waals surface area contributed by atoms with Crippen LogP contribution in [0.3, 0.4) is 0 Å². The highest BCUT2D eigenvalue weighted by Gasteiger charge is 2.17. The lowest BCUT2D eigenvalue weighted by molar-refractivity contribution is 0.283. The molecular formula is C24H27N5. The van der Waals surface area contributed by atoms with Crippen LogP contribution in [-0.2, 0) is 0 Å². The van der Waals surface area contributed by atoms with Crippen molar-refractivity contribution in [3.63, 3.8) is 0 Å². The van der Waals surface area contributed by atoms with Crippen LogP contribution >= 0.6 is 0 Å². The van der Waals surface area contributed by atoms with E-state index in [2.05, 4.69) is 86.6 Å². The molecule has 29 heavy (non-hydrogen) atoms. The van der Waals surface area contributed by atoms with Gasteiger partial charge in [-0.2, -0.15) is 0 Å². The first-order chi connectivity index (χ1) is 14.3. The summed E-state index contributed by atoms with van der Waals surface area (Å²) in [6, 6.07) is 20.8. The van der Waals surface area contributed by atoms with E-state index in [9.17, 15) is 0 Å². The minimum Gasteiger partial charge on any atom is -0.354 e. The molecule has 5 nitrogen and oxygen atoms in total. The van der Waals surface area contributed by atoms with Crippen molar-refractivity contribution >= 4 is 23.4 Å². The van der Waals surface area contributed by atoms with Gasteiger partial charge in [0.05, 0.1) is 0 Å². The molecule has 3 aromatic rings. The zero-order valence-corrected chi connectivity index (χ0v) is 16.8. The van der Waals surface area contributed by atoms with Gasteiger partial charge in [-0.3, -0.25) is 4.90 Å². The van der Waals surface area contributed by atoms with Gasteiger partial charge in [0.25, 0.3) is 0 Å². The van der Waals surface area contributed by atoms with E-state index in [-0.39, 0.29) is 0 Å². The molecule has 2 aromatic carbocycles. The third-order valence-corrected chi connectivity index (χ3v) is 5.11. The van der Waals surface area contributed by atoms with Crippen LogP contribution in [0.5, 0.6) is 0 Å². The Morgan fingerprint density at radius 3 is 2.55 bits per heavy atom. The molecule has 1 fully saturated rings. The average molecular weight is 386 g/mol. The second-order valence-corrected chi connectivity index (χ2v) is 7.36. The minimum atomic E-state index is 0.828. The Balaban J connectivity index is 1.31. The molecule has 0 unspecified atom stereocenters. The van der Waals surface area contributed by atoms with Gasteiger partial charge >= 0.3 is 0 Å². The molecule has 0 saturated carbocycles. The molecule has 0 spiro atoms. The van der Waals surface area contributed by atoms with Gasteiger partial charge in [-0.05, 0) is 30.2 Å². The fourth-order valence-electron chi connectivity index (χ4n) is 3.52. The van der Waals surface area contributed by atoms with Crippen molar-refractivity contribution in [1.82, 2.24) is 14.9 Å². The Bertz CT molecular complexity index is 946. The molecule has 1 aliphatic heterocycles. The number of rotatable bonds is 6. The van der Waals surface area contributed by atoms with Crippen molar-refractivity contribution in [2.75, 3.05) is 42.9 Å². The van der Waals surface area contributed by atoms with Gasteiger partial charge < -0.3 is 10.2 Å². The van der Waals surface area contributed by atoms with E-state index in [0.29, 0.717) is 0 Å². The Labute approximate surface area is 172 Å². The minimum absolute atomic E-state index is 0.828. The molecule has 4 rings (SSSR count). The highest BCUT2D eigenvalue weighted by atomic mass is 15.3. The van der Waals surface area contributed by atoms with Crippen LogP contribution in [0.25, 0.3) is 6.08 Å². The summed E-state index contributed by atoms with van der Waals surface area (Å²) in [6.07, 6.45) is 6.09. The molecule has 0 bridgehead atoms. The Hall–Kier alpha value is -3.18. The molecule has 0 amide bonds. The van der Waals surface area contributed by atoms with Crippen LogP contribution in [0.2, 0.25) is 0 Å². The van der Waals surface area contributed by atoms with Crippen molar-refractivity contribution in [1.29, 1.82) is 0 Å². The molecule has 0 aliphatic carbocycles. The quantitative estimate of drug-likeness (QED) is 0.683. The topological polar surface area (TPSA) is 44.3 Å². The molecule has 0 radical (unpaired) electrons. The average Bonchev–Trinajstić information content (AvgIpc) is 2.75. The Morgan fingerprint density at radius 2 is 1.76 bits per heavy atom. The maximum Gasteiger partial charge on any atom is 0.135 e. The van der Waals surface area contributed by atoms with Crippen LogP contribution in [-0.4, -0.2) is 47.6 Å². The summed E-state index contributed by atoms with van der Waals surface area (Å²) in [7, 11) is 0. The van der Waals surface area contributed by atoms with Gasteiger partial charge in [0.1, 0.15) is 18.0 Å². The van der Waals surface area contributed by atoms with Crippen LogP contribution < -0.4 is 10.2 Å². The van der Waals surface area contributed by atoms with Crippen molar-refractivity contribution in [2.45, 2.75) is 6.92 Å². The number of aromatic nitrogens is 2. The third kappa shape index (κ3) is 5.42. The summed E-state index contributed by atoms with van der Waals surface area (Å²) >= 11 is 0. The first-order valence-electron chi connectivity index (χ1n) is 10.1. The van der Waals surface area contributed by atoms with Crippen molar-refractivity contribution in [3.8, 4) is 0 Å². The number of benzene rings is 2. The van der Waals surface area contributed by atoms with Gasteiger partial charge in [0.2, 0.25) is 0 Å². The number of nitrogens with one attached hydrogen (secondary N) is 1. The SMILES string of the molecule is Cc1cccc(Nc2cc(N3CCN(C/C=C/c4ccccc4)CC3)ncn2)c1. The number of hydrogen-bond donors (Lipinski definition) is 1. The van der Waals surface area contributed by atoms with Crippen LogP contribution in [0.1, 0.15) is 11.1 Å². The fraction of sp³-hybridized carbons (Fsp3) is 0.250. The largest absolute Gasteiger partial charge is 0.354 e. The zero-order valence-electron chi connectivity index (χ0n) is 16.8. The summed E-state index contributed by atoms with van der Waals surface area (Å²) in [4.78, 5) is 13.7. The van der Waals surface area contributed by atoms with Crippen molar-refractivity contribution in [2.24, 2.45) is 0 Å². The summed E-state index contributed by atoms with van der Waals surface area (Å²) < 4.78 is 0. The lowest BCUT2D eigenvalue weighted by atomic mass is 10.2. The fourth-order valence-corrected chi connectivity index (χ4v) is 3.52. The second kappa shape index (κ2) is 9.34. The monoisotopic (exact) mass is 385 g/mol. The Morgan fingerprint density at radius 1 is 0.931 bits per heavy atom. The molecule has 1 saturated heterocycles. The van der Waals surface area contributed by atoms with E-state index >= 15 is 0 Å². The van der Waals surface area contributed by atoms with Crippen LogP contribution in [0, 0.1) is 6.92 Å². The molecule has 148 valence electrons. The van der Waals surface area contributed by atoms with Crippen LogP contribution in [0.4, 0.5) is 17.3 Å². The maximum absolute atomic E-state index is 4.49. The number of nitrogens with zero attached hydrogens (tertiary/aromatic N) is 4. The summed E-state index contributed by atoms with van der Waals surface area (Å²) in [5.41, 5.74) is 3.52. The van der Waals surface area contributed by atoms with E-state index in [0.717, 1.165) is 50.0 Å². The predicted molar refractivity (Wildman–Crippen MR) is 121 cm³/mol. The highest BCUT2D eigenvalue weighted by Crippen LogP contribution is 2.20.